The minimum Gasteiger partial charge on any atom is -0.490 e. The lowest BCUT2D eigenvalue weighted by Gasteiger charge is -2.12. The van der Waals surface area contributed by atoms with Gasteiger partial charge in [-0.1, -0.05) is 23.7 Å². The second kappa shape index (κ2) is 9.28. The highest BCUT2D eigenvalue weighted by Gasteiger charge is 2.13. The molecule has 1 aromatic heterocycles. The average molecular weight is 400 g/mol. The zero-order chi connectivity index (χ0) is 19.9. The molecule has 0 aliphatic rings. The van der Waals surface area contributed by atoms with Crippen LogP contribution in [0.1, 0.15) is 29.8 Å². The quantitative estimate of drug-likeness (QED) is 0.599. The first-order valence-corrected chi connectivity index (χ1v) is 9.45. The molecular weight excluding hydrogens is 378 g/mol. The molecule has 6 nitrogen and oxygen atoms in total. The molecule has 0 fully saturated rings. The van der Waals surface area contributed by atoms with Gasteiger partial charge in [-0.25, -0.2) is 0 Å². The fourth-order valence-corrected chi connectivity index (χ4v) is 2.80. The summed E-state index contributed by atoms with van der Waals surface area (Å²) in [5.74, 6) is 1.38. The van der Waals surface area contributed by atoms with Crippen LogP contribution in [0.15, 0.2) is 54.7 Å². The van der Waals surface area contributed by atoms with Gasteiger partial charge in [0.05, 0.1) is 19.8 Å². The third kappa shape index (κ3) is 5.04. The van der Waals surface area contributed by atoms with Crippen molar-refractivity contribution in [2.45, 2.75) is 20.4 Å². The van der Waals surface area contributed by atoms with E-state index in [1.807, 2.05) is 44.3 Å². The number of halogens is 1. The molecular formula is C21H22ClN3O3. The molecule has 28 heavy (non-hydrogen) atoms. The predicted molar refractivity (Wildman–Crippen MR) is 110 cm³/mol. The van der Waals surface area contributed by atoms with Crippen molar-refractivity contribution in [3.8, 4) is 11.5 Å². The Balaban J connectivity index is 1.68. The van der Waals surface area contributed by atoms with Crippen LogP contribution < -0.4 is 14.8 Å². The van der Waals surface area contributed by atoms with Crippen LogP contribution in [0.3, 0.4) is 0 Å². The van der Waals surface area contributed by atoms with Gasteiger partial charge in [0, 0.05) is 22.8 Å². The first kappa shape index (κ1) is 19.8. The fourth-order valence-electron chi connectivity index (χ4n) is 2.67. The van der Waals surface area contributed by atoms with Crippen LogP contribution in [0.5, 0.6) is 11.5 Å². The Morgan fingerprint density at radius 1 is 1.04 bits per heavy atom. The third-order valence-corrected chi connectivity index (χ3v) is 4.20. The standard InChI is InChI=1S/C21H22ClN3O3/c1-3-27-18-10-7-16(13-19(18)28-4-2)21(26)23-20-11-12-25(24-20)14-15-5-8-17(22)9-6-15/h5-13H,3-4,14H2,1-2H3,(H,23,24,26). The van der Waals surface area contributed by atoms with Crippen LogP contribution in [0, 0.1) is 0 Å². The number of aromatic nitrogens is 2. The first-order valence-electron chi connectivity index (χ1n) is 9.08. The van der Waals surface area contributed by atoms with Crippen molar-refractivity contribution in [1.29, 1.82) is 0 Å². The van der Waals surface area contributed by atoms with Crippen LogP contribution in [0.25, 0.3) is 0 Å². The van der Waals surface area contributed by atoms with E-state index in [0.29, 0.717) is 47.7 Å². The molecule has 0 atom stereocenters. The van der Waals surface area contributed by atoms with E-state index in [9.17, 15) is 4.79 Å². The van der Waals surface area contributed by atoms with Crippen LogP contribution in [-0.2, 0) is 6.54 Å². The lowest BCUT2D eigenvalue weighted by molar-refractivity contribution is 0.102. The molecule has 0 spiro atoms. The Kier molecular flexibility index (Phi) is 6.55. The number of anilines is 1. The van der Waals surface area contributed by atoms with E-state index < -0.39 is 0 Å². The summed E-state index contributed by atoms with van der Waals surface area (Å²) in [5, 5.41) is 7.89. The normalized spacial score (nSPS) is 10.5. The molecule has 0 saturated heterocycles. The molecule has 1 heterocycles. The van der Waals surface area contributed by atoms with Gasteiger partial charge in [-0.15, -0.1) is 0 Å². The molecule has 0 bridgehead atoms. The summed E-state index contributed by atoms with van der Waals surface area (Å²) in [4.78, 5) is 12.6. The summed E-state index contributed by atoms with van der Waals surface area (Å²) >= 11 is 5.91. The van der Waals surface area contributed by atoms with Gasteiger partial charge in [0.25, 0.3) is 5.91 Å². The zero-order valence-corrected chi connectivity index (χ0v) is 16.6. The van der Waals surface area contributed by atoms with Gasteiger partial charge < -0.3 is 14.8 Å². The number of nitrogens with one attached hydrogen (secondary N) is 1. The van der Waals surface area contributed by atoms with Crippen LogP contribution in [0.2, 0.25) is 5.02 Å². The van der Waals surface area contributed by atoms with Crippen molar-refractivity contribution >= 4 is 23.3 Å². The number of carbonyl (C=O) groups is 1. The van der Waals surface area contributed by atoms with Gasteiger partial charge in [0.1, 0.15) is 0 Å². The van der Waals surface area contributed by atoms with E-state index in [1.54, 1.807) is 28.9 Å². The maximum absolute atomic E-state index is 12.6. The Morgan fingerprint density at radius 2 is 1.75 bits per heavy atom. The van der Waals surface area contributed by atoms with E-state index in [1.165, 1.54) is 0 Å². The fraction of sp³-hybridized carbons (Fsp3) is 0.238. The molecule has 0 radical (unpaired) electrons. The lowest BCUT2D eigenvalue weighted by Crippen LogP contribution is -2.13. The number of hydrogen-bond donors (Lipinski definition) is 1. The van der Waals surface area contributed by atoms with Crippen molar-refractivity contribution in [2.75, 3.05) is 18.5 Å². The van der Waals surface area contributed by atoms with Crippen LogP contribution >= 0.6 is 11.6 Å². The Hall–Kier alpha value is -2.99. The molecule has 0 saturated carbocycles. The smallest absolute Gasteiger partial charge is 0.257 e. The minimum absolute atomic E-state index is 0.263. The summed E-state index contributed by atoms with van der Waals surface area (Å²) in [6.45, 7) is 5.38. The summed E-state index contributed by atoms with van der Waals surface area (Å²) < 4.78 is 12.9. The molecule has 3 rings (SSSR count). The number of nitrogens with zero attached hydrogens (tertiary/aromatic N) is 2. The van der Waals surface area contributed by atoms with E-state index >= 15 is 0 Å². The molecule has 146 valence electrons. The number of hydrogen-bond acceptors (Lipinski definition) is 4. The van der Waals surface area contributed by atoms with Crippen molar-refractivity contribution in [3.63, 3.8) is 0 Å². The number of rotatable bonds is 8. The second-order valence-electron chi connectivity index (χ2n) is 6.01. The van der Waals surface area contributed by atoms with Crippen molar-refractivity contribution in [2.24, 2.45) is 0 Å². The van der Waals surface area contributed by atoms with E-state index in [0.717, 1.165) is 5.56 Å². The molecule has 1 amide bonds. The lowest BCUT2D eigenvalue weighted by atomic mass is 10.2. The Morgan fingerprint density at radius 3 is 2.46 bits per heavy atom. The van der Waals surface area contributed by atoms with Crippen LogP contribution in [-0.4, -0.2) is 28.9 Å². The van der Waals surface area contributed by atoms with Gasteiger partial charge in [0.2, 0.25) is 0 Å². The van der Waals surface area contributed by atoms with Crippen molar-refractivity contribution in [1.82, 2.24) is 9.78 Å². The summed E-state index contributed by atoms with van der Waals surface area (Å²) in [5.41, 5.74) is 1.54. The summed E-state index contributed by atoms with van der Waals surface area (Å²) in [6, 6.07) is 14.4. The maximum Gasteiger partial charge on any atom is 0.257 e. The van der Waals surface area contributed by atoms with E-state index in [4.69, 9.17) is 21.1 Å². The third-order valence-electron chi connectivity index (χ3n) is 3.95. The van der Waals surface area contributed by atoms with E-state index in [-0.39, 0.29) is 5.91 Å². The predicted octanol–water partition coefficient (Wildman–Crippen LogP) is 4.63. The molecule has 2 aromatic carbocycles. The van der Waals surface area contributed by atoms with Gasteiger partial charge in [0.15, 0.2) is 17.3 Å². The van der Waals surface area contributed by atoms with E-state index in [2.05, 4.69) is 10.4 Å². The van der Waals surface area contributed by atoms with Gasteiger partial charge in [-0.3, -0.25) is 9.48 Å². The molecule has 0 unspecified atom stereocenters. The monoisotopic (exact) mass is 399 g/mol. The highest BCUT2D eigenvalue weighted by molar-refractivity contribution is 6.30. The molecule has 0 aliphatic carbocycles. The largest absolute Gasteiger partial charge is 0.490 e. The van der Waals surface area contributed by atoms with Gasteiger partial charge >= 0.3 is 0 Å². The molecule has 0 aliphatic heterocycles. The topological polar surface area (TPSA) is 65.4 Å². The summed E-state index contributed by atoms with van der Waals surface area (Å²) in [6.07, 6.45) is 1.81. The summed E-state index contributed by atoms with van der Waals surface area (Å²) in [7, 11) is 0. The number of carbonyl (C=O) groups excluding carboxylic acids is 1. The van der Waals surface area contributed by atoms with Crippen molar-refractivity contribution in [3.05, 3.63) is 70.9 Å². The molecule has 1 N–H and O–H groups in total. The molecule has 7 heteroatoms. The maximum atomic E-state index is 12.6. The Labute approximate surface area is 169 Å². The SMILES string of the molecule is CCOc1ccc(C(=O)Nc2ccn(Cc3ccc(Cl)cc3)n2)cc1OCC. The number of benzene rings is 2. The van der Waals surface area contributed by atoms with Crippen molar-refractivity contribution < 1.29 is 14.3 Å². The average Bonchev–Trinajstić information content (AvgIpc) is 3.12. The molecule has 3 aromatic rings. The van der Waals surface area contributed by atoms with Crippen LogP contribution in [0.4, 0.5) is 5.82 Å². The highest BCUT2D eigenvalue weighted by atomic mass is 35.5. The van der Waals surface area contributed by atoms with Gasteiger partial charge in [-0.05, 0) is 49.7 Å². The minimum atomic E-state index is -0.263. The Bertz CT molecular complexity index is 938. The van der Waals surface area contributed by atoms with Gasteiger partial charge in [-0.2, -0.15) is 5.10 Å². The second-order valence-corrected chi connectivity index (χ2v) is 6.44. The highest BCUT2D eigenvalue weighted by Crippen LogP contribution is 2.28. The number of ether oxygens (including phenoxy) is 2. The number of amides is 1. The zero-order valence-electron chi connectivity index (χ0n) is 15.8. The first-order chi connectivity index (χ1) is 13.6.